The second kappa shape index (κ2) is 14.3. The predicted molar refractivity (Wildman–Crippen MR) is 163 cm³/mol. The molecule has 4 rings (SSSR count). The number of para-hydroxylation sites is 1. The Bertz CT molecular complexity index is 1440. The molecule has 2 aromatic rings. The first kappa shape index (κ1) is 35.3. The van der Waals surface area contributed by atoms with E-state index < -0.39 is 41.8 Å². The van der Waals surface area contributed by atoms with Gasteiger partial charge in [0.1, 0.15) is 5.75 Å². The summed E-state index contributed by atoms with van der Waals surface area (Å²) >= 11 is 6.34. The van der Waals surface area contributed by atoms with E-state index in [0.717, 1.165) is 42.7 Å². The first-order chi connectivity index (χ1) is 21.0. The van der Waals surface area contributed by atoms with Gasteiger partial charge in [0.05, 0.1) is 24.2 Å². The maximum atomic E-state index is 13.2. The molecule has 2 aliphatic rings. The number of phenols is 1. The lowest BCUT2D eigenvalue weighted by atomic mass is 9.73. The van der Waals surface area contributed by atoms with Crippen LogP contribution in [0.5, 0.6) is 5.75 Å². The van der Waals surface area contributed by atoms with Gasteiger partial charge in [-0.3, -0.25) is 19.2 Å². The van der Waals surface area contributed by atoms with E-state index in [1.54, 1.807) is 42.1 Å². The second-order valence-corrected chi connectivity index (χ2v) is 12.1. The van der Waals surface area contributed by atoms with Crippen molar-refractivity contribution >= 4 is 47.0 Å². The van der Waals surface area contributed by atoms with Crippen molar-refractivity contribution in [1.29, 1.82) is 0 Å². The number of piperidine rings is 1. The molecule has 1 spiro atoms. The number of carbonyl (C=O) groups excluding carboxylic acids is 2. The number of amides is 2. The largest absolute Gasteiger partial charge is 0.508 e. The summed E-state index contributed by atoms with van der Waals surface area (Å²) in [5.74, 6) is -4.96. The Balaban J connectivity index is 0.000000360. The third kappa shape index (κ3) is 8.10. The zero-order valence-corrected chi connectivity index (χ0v) is 26.0. The molecule has 45 heavy (non-hydrogen) atoms. The van der Waals surface area contributed by atoms with Gasteiger partial charge in [-0.15, -0.1) is 0 Å². The molecule has 2 aromatic carbocycles. The maximum absolute atomic E-state index is 13.2. The minimum absolute atomic E-state index is 0.0340. The number of hydrogen-bond acceptors (Lipinski definition) is 8. The molecular weight excluding hydrogens is 610 g/mol. The van der Waals surface area contributed by atoms with Crippen LogP contribution in [0.3, 0.4) is 0 Å². The molecule has 0 aromatic heterocycles. The average Bonchev–Trinajstić information content (AvgIpc) is 3.16. The van der Waals surface area contributed by atoms with E-state index in [9.17, 15) is 29.1 Å². The van der Waals surface area contributed by atoms with Crippen LogP contribution in [0.2, 0.25) is 5.02 Å². The number of carboxylic acid groups (broad SMARTS) is 3. The van der Waals surface area contributed by atoms with E-state index in [1.165, 1.54) is 0 Å². The Morgan fingerprint density at radius 2 is 1.58 bits per heavy atom. The van der Waals surface area contributed by atoms with Crippen LogP contribution in [-0.2, 0) is 35.8 Å². The van der Waals surface area contributed by atoms with Crippen LogP contribution in [-0.4, -0.2) is 111 Å². The lowest BCUT2D eigenvalue weighted by molar-refractivity contribution is -0.170. The van der Waals surface area contributed by atoms with Gasteiger partial charge in [0.25, 0.3) is 0 Å². The van der Waals surface area contributed by atoms with E-state index in [-0.39, 0.29) is 23.5 Å². The highest BCUT2D eigenvalue weighted by molar-refractivity contribution is 6.31. The summed E-state index contributed by atoms with van der Waals surface area (Å²) < 4.78 is 0. The van der Waals surface area contributed by atoms with Crippen molar-refractivity contribution in [3.8, 4) is 5.75 Å². The van der Waals surface area contributed by atoms with Crippen LogP contribution in [0.25, 0.3) is 0 Å². The Morgan fingerprint density at radius 1 is 1.00 bits per heavy atom. The molecule has 2 heterocycles. The summed E-state index contributed by atoms with van der Waals surface area (Å²) in [5, 5.41) is 44.2. The molecular formula is C31H38ClN3O10. The van der Waals surface area contributed by atoms with Crippen molar-refractivity contribution in [2.75, 3.05) is 45.7 Å². The molecule has 13 nitrogen and oxygen atoms in total. The number of rotatable bonds is 10. The van der Waals surface area contributed by atoms with Crippen LogP contribution in [0.1, 0.15) is 36.8 Å². The fourth-order valence-corrected chi connectivity index (χ4v) is 6.12. The summed E-state index contributed by atoms with van der Waals surface area (Å²) in [4.78, 5) is 62.3. The Hall–Kier alpha value is -4.20. The molecule has 1 fully saturated rings. The third-order valence-electron chi connectivity index (χ3n) is 8.25. The molecule has 0 radical (unpaired) electrons. The molecule has 244 valence electrons. The Morgan fingerprint density at radius 3 is 2.11 bits per heavy atom. The summed E-state index contributed by atoms with van der Waals surface area (Å²) in [5.41, 5.74) is -0.304. The van der Waals surface area contributed by atoms with Gasteiger partial charge in [-0.1, -0.05) is 29.8 Å². The van der Waals surface area contributed by atoms with Crippen molar-refractivity contribution in [1.82, 2.24) is 9.80 Å². The van der Waals surface area contributed by atoms with Crippen LogP contribution in [0.4, 0.5) is 5.69 Å². The van der Waals surface area contributed by atoms with Gasteiger partial charge < -0.3 is 40.2 Å². The van der Waals surface area contributed by atoms with E-state index in [4.69, 9.17) is 32.0 Å². The number of anilines is 1. The molecule has 1 saturated heterocycles. The Labute approximate surface area is 265 Å². The molecule has 0 saturated carbocycles. The van der Waals surface area contributed by atoms with Crippen molar-refractivity contribution in [2.45, 2.75) is 43.1 Å². The average molecular weight is 648 g/mol. The minimum atomic E-state index is -2.74. The quantitative estimate of drug-likeness (QED) is 0.253. The number of carbonyl (C=O) groups is 5. The summed E-state index contributed by atoms with van der Waals surface area (Å²) in [6.07, 6.45) is -0.356. The number of phenolic OH excluding ortho intramolecular Hbond substituents is 1. The van der Waals surface area contributed by atoms with Crippen molar-refractivity contribution in [3.63, 3.8) is 0 Å². The molecule has 1 atom stereocenters. The SMILES string of the molecule is CN(C)C(=O)C(Cc1cc(O)ccc1Cl)CN1CCC2(CC1)C(=O)N(C)c1ccccc12.O=C(O)CC(O)(CC(=O)O)C(=O)O. The number of aliphatic hydroxyl groups is 1. The fraction of sp³-hybridized carbons (Fsp3) is 0.452. The number of carboxylic acids is 3. The molecule has 1 unspecified atom stereocenters. The van der Waals surface area contributed by atoms with Gasteiger partial charge >= 0.3 is 17.9 Å². The summed E-state index contributed by atoms with van der Waals surface area (Å²) in [6.45, 7) is 2.09. The normalized spacial score (nSPS) is 16.4. The number of nitrogens with zero attached hydrogens (tertiary/aromatic N) is 3. The number of fused-ring (bicyclic) bond motifs is 2. The number of likely N-dealkylation sites (N-methyl/N-ethyl adjacent to an activating group) is 1. The number of benzene rings is 2. The lowest BCUT2D eigenvalue weighted by Crippen LogP contribution is -2.50. The number of halogens is 1. The maximum Gasteiger partial charge on any atom is 0.336 e. The highest BCUT2D eigenvalue weighted by Gasteiger charge is 2.51. The Kier molecular flexibility index (Phi) is 11.2. The van der Waals surface area contributed by atoms with Crippen LogP contribution in [0.15, 0.2) is 42.5 Å². The van der Waals surface area contributed by atoms with Crippen LogP contribution in [0, 0.1) is 5.92 Å². The van der Waals surface area contributed by atoms with Gasteiger partial charge in [0.15, 0.2) is 5.60 Å². The number of hydrogen-bond donors (Lipinski definition) is 5. The van der Waals surface area contributed by atoms with Gasteiger partial charge in [0.2, 0.25) is 11.8 Å². The zero-order valence-electron chi connectivity index (χ0n) is 25.3. The number of likely N-dealkylation sites (tertiary alicyclic amines) is 1. The summed E-state index contributed by atoms with van der Waals surface area (Å²) in [7, 11) is 5.37. The fourth-order valence-electron chi connectivity index (χ4n) is 5.92. The number of aromatic hydroxyl groups is 1. The molecule has 0 aliphatic carbocycles. The third-order valence-corrected chi connectivity index (χ3v) is 8.62. The minimum Gasteiger partial charge on any atom is -0.508 e. The van der Waals surface area contributed by atoms with Gasteiger partial charge in [0, 0.05) is 38.4 Å². The molecule has 2 aliphatic heterocycles. The number of aliphatic carboxylic acids is 3. The van der Waals surface area contributed by atoms with Crippen molar-refractivity contribution in [3.05, 3.63) is 58.6 Å². The van der Waals surface area contributed by atoms with Crippen molar-refractivity contribution < 1.29 is 49.5 Å². The molecule has 5 N–H and O–H groups in total. The standard InChI is InChI=1S/C25H30ClN3O3.C6H8O7/c1-27(2)23(31)18(14-17-15-19(30)8-9-21(17)26)16-29-12-10-25(11-13-29)20-6-4-5-7-22(20)28(3)24(25)32;7-3(8)1-6(13,5(11)12)2-4(9)10/h4-9,15,18,30H,10-14,16H2,1-3H3;13H,1-2H2,(H,7,8)(H,9,10)(H,11,12). The lowest BCUT2D eigenvalue weighted by Gasteiger charge is -2.39. The van der Waals surface area contributed by atoms with E-state index in [2.05, 4.69) is 11.0 Å². The highest BCUT2D eigenvalue weighted by atomic mass is 35.5. The van der Waals surface area contributed by atoms with Gasteiger partial charge in [-0.25, -0.2) is 4.79 Å². The van der Waals surface area contributed by atoms with Crippen LogP contribution >= 0.6 is 11.6 Å². The highest BCUT2D eigenvalue weighted by Crippen LogP contribution is 2.47. The monoisotopic (exact) mass is 647 g/mol. The first-order valence-electron chi connectivity index (χ1n) is 14.2. The van der Waals surface area contributed by atoms with E-state index in [1.807, 2.05) is 25.2 Å². The van der Waals surface area contributed by atoms with E-state index in [0.29, 0.717) is 18.0 Å². The molecule has 0 bridgehead atoms. The summed E-state index contributed by atoms with van der Waals surface area (Å²) in [6, 6.07) is 12.9. The smallest absolute Gasteiger partial charge is 0.336 e. The topological polar surface area (TPSA) is 196 Å². The van der Waals surface area contributed by atoms with E-state index >= 15 is 0 Å². The van der Waals surface area contributed by atoms with Crippen LogP contribution < -0.4 is 4.90 Å². The molecule has 14 heteroatoms. The predicted octanol–water partition coefficient (Wildman–Crippen LogP) is 2.05. The molecule has 2 amide bonds. The van der Waals surface area contributed by atoms with Gasteiger partial charge in [-0.05, 0) is 67.7 Å². The zero-order chi connectivity index (χ0) is 33.7. The van der Waals surface area contributed by atoms with Crippen molar-refractivity contribution in [2.24, 2.45) is 5.92 Å². The van der Waals surface area contributed by atoms with Gasteiger partial charge in [-0.2, -0.15) is 0 Å². The first-order valence-corrected chi connectivity index (χ1v) is 14.6. The second-order valence-electron chi connectivity index (χ2n) is 11.7.